The number of nitrogens with one attached hydrogen (secondary N) is 1. The fourth-order valence-electron chi connectivity index (χ4n) is 18.8. The number of nitrogens with zero attached hydrogens (tertiary/aromatic N) is 2. The largest absolute Gasteiger partial charge is 0.508 e. The first-order valence-electron chi connectivity index (χ1n) is 45.7. The van der Waals surface area contributed by atoms with Crippen LogP contribution in [0.15, 0.2) is 426 Å². The Morgan fingerprint density at radius 3 is 1.44 bits per heavy atom. The van der Waals surface area contributed by atoms with E-state index in [0.29, 0.717) is 51.7 Å². The number of phenolic OH excluding ortho intramolecular Hbond substituents is 8. The first kappa shape index (κ1) is 91.9. The second kappa shape index (κ2) is 40.4. The summed E-state index contributed by atoms with van der Waals surface area (Å²) in [7, 11) is 1.49. The highest BCUT2D eigenvalue weighted by Gasteiger charge is 2.38. The summed E-state index contributed by atoms with van der Waals surface area (Å²) in [5, 5.41) is 105. The number of phenols is 8. The molecule has 13 aromatic rings. The molecule has 6 heterocycles. The standard InChI is InChI=1S/C38H28N2.C30H26O6.C20H14O6.C20H16O4.C10H12N2O3/c1-2-14-27(13-1)33(25-39-35-21-9-5-17-29(35)30-18-6-10-22-36(30)39)34(28-15-3-4-16-28)26-40-37-23-11-7-19-31(37)32-20-8-12-24-38(32)40;1-33-27-15-20(10-12-23(27)32)30-29(17-31)35-25-13-11-19(14-28(25)36-30)26-16-22(18-6-2-3-7-18)21-8-4-5-9-24(21)34-26;21-12-8-15(24)18-16(9-12)26-20(11-5-6-13(22)14(23)7-11)19(25)17(18)10-3-1-2-4-10;21-14-7-5-13(6-8-14)18-11-16(12-3-1-2-4-12)20-17(23)9-15(22)10-19(20)24-18;1-7(8-4-2-3-5-8)6-9(13)15-12-10(11)14/h1-24H,25-26H2;2-15,26,29-32H,16-17H2,1H3;1-9,21-25H;1-10,18,21-23H,11H2;2-5H,6H2,1H3,(H3,11,12,14). The summed E-state index contributed by atoms with van der Waals surface area (Å²) in [6, 6.07) is 69.4. The first-order valence-corrected chi connectivity index (χ1v) is 45.7. The number of aliphatic hydroxyl groups excluding tert-OH is 2. The summed E-state index contributed by atoms with van der Waals surface area (Å²) in [6.45, 7) is 3.17. The fraction of sp³-hybridized carbons (Fsp3) is 0.102. The Balaban J connectivity index is 0.000000116. The lowest BCUT2D eigenvalue weighted by atomic mass is 9.88. The van der Waals surface area contributed by atoms with Crippen LogP contribution in [0, 0.1) is 0 Å². The van der Waals surface area contributed by atoms with Crippen molar-refractivity contribution in [3.63, 3.8) is 0 Å². The van der Waals surface area contributed by atoms with Crippen LogP contribution < -0.4 is 39.6 Å². The van der Waals surface area contributed by atoms with Gasteiger partial charge in [0.2, 0.25) is 0 Å². The van der Waals surface area contributed by atoms with Gasteiger partial charge in [-0.15, -0.1) is 0 Å². The SMILES string of the molecule is C1=CC(=C(Cn2c3ccccc3c3ccccc32)C(Cn2c3ccccc3c3ccccc32)=C2C=CC=C2)C=C1.CC(CC(=O)ONC(N)=O)=C1C=CC=C1.COc1cc(C2Oc3cc(C4CC(=C5C=CC=C5)c5ccccc5O4)ccc3OC2CO)ccc1O.OC1=C(c2ccc(O)c(O)c2)Oc2cc(O)cc(O)c2C1=C1C=CC=C1.Oc1ccc(C2CC(=C3C=CC=C3)c3c(O)cc(O)cc3O2)cc1. The van der Waals surface area contributed by atoms with Crippen LogP contribution >= 0.6 is 0 Å². The molecule has 2 aromatic heterocycles. The third-order valence-corrected chi connectivity index (χ3v) is 25.5. The fourth-order valence-corrected chi connectivity index (χ4v) is 18.8. The van der Waals surface area contributed by atoms with Gasteiger partial charge in [-0.3, -0.25) is 0 Å². The average Bonchev–Trinajstić information content (AvgIpc) is 0.804. The van der Waals surface area contributed by atoms with Crippen LogP contribution in [0.4, 0.5) is 4.79 Å². The molecule has 0 fully saturated rings. The van der Waals surface area contributed by atoms with Gasteiger partial charge in [-0.05, 0) is 159 Å². The van der Waals surface area contributed by atoms with Gasteiger partial charge in [0.05, 0.1) is 31.3 Å². The Labute approximate surface area is 810 Å². The van der Waals surface area contributed by atoms with Crippen LogP contribution in [-0.2, 0) is 22.7 Å². The number of primary amides is 1. The zero-order valence-electron chi connectivity index (χ0n) is 76.4. The molecule has 4 aliphatic heterocycles. The number of aromatic hydroxyl groups is 8. The highest BCUT2D eigenvalue weighted by Crippen LogP contribution is 2.54. The van der Waals surface area contributed by atoms with Crippen molar-refractivity contribution >= 4 is 78.1 Å². The Kier molecular flexibility index (Phi) is 26.3. The van der Waals surface area contributed by atoms with Crippen LogP contribution in [0.1, 0.15) is 83.4 Å². The number of carbonyl (C=O) groups excluding carboxylic acids is 2. The van der Waals surface area contributed by atoms with E-state index < -0.39 is 24.2 Å². The van der Waals surface area contributed by atoms with Crippen LogP contribution in [0.3, 0.4) is 0 Å². The number of aliphatic hydroxyl groups is 2. The number of aromatic nitrogens is 2. The Morgan fingerprint density at radius 2 is 0.887 bits per heavy atom. The highest BCUT2D eigenvalue weighted by molar-refractivity contribution is 6.09. The molecular weight excluding hydrogens is 1780 g/mol. The molecule has 0 saturated carbocycles. The molecule has 702 valence electrons. The molecule has 10 aliphatic rings. The number of nitrogens with two attached hydrogens (primary N) is 1. The number of urea groups is 1. The molecule has 4 atom stereocenters. The van der Waals surface area contributed by atoms with E-state index in [1.165, 1.54) is 121 Å². The molecular formula is C118H96N4O19. The maximum absolute atomic E-state index is 11.1. The van der Waals surface area contributed by atoms with Crippen molar-refractivity contribution in [2.75, 3.05) is 13.7 Å². The number of allylic oxidation sites excluding steroid dienone is 33. The maximum Gasteiger partial charge on any atom is 0.345 e. The topological polar surface area (TPSA) is 349 Å². The van der Waals surface area contributed by atoms with Gasteiger partial charge in [-0.1, -0.05) is 267 Å². The van der Waals surface area contributed by atoms with Crippen molar-refractivity contribution in [2.24, 2.45) is 5.73 Å². The van der Waals surface area contributed by atoms with Crippen LogP contribution in [-0.4, -0.2) is 92.0 Å². The second-order valence-corrected chi connectivity index (χ2v) is 34.4. The zero-order chi connectivity index (χ0) is 97.5. The summed E-state index contributed by atoms with van der Waals surface area (Å²) >= 11 is 0. The number of carbonyl (C=O) groups is 2. The third kappa shape index (κ3) is 19.3. The quantitative estimate of drug-likeness (QED) is 0.0377. The van der Waals surface area contributed by atoms with Gasteiger partial charge in [-0.2, -0.15) is 5.48 Å². The van der Waals surface area contributed by atoms with Gasteiger partial charge in [0.1, 0.15) is 58.2 Å². The summed E-state index contributed by atoms with van der Waals surface area (Å²) < 4.78 is 40.9. The molecule has 6 aliphatic carbocycles. The lowest BCUT2D eigenvalue weighted by Gasteiger charge is -2.34. The van der Waals surface area contributed by atoms with Crippen molar-refractivity contribution in [3.8, 4) is 80.5 Å². The molecule has 0 spiro atoms. The van der Waals surface area contributed by atoms with E-state index >= 15 is 0 Å². The van der Waals surface area contributed by atoms with Crippen LogP contribution in [0.2, 0.25) is 0 Å². The van der Waals surface area contributed by atoms with Gasteiger partial charge in [0.15, 0.2) is 58.2 Å². The first-order chi connectivity index (χ1) is 68.7. The third-order valence-electron chi connectivity index (χ3n) is 25.5. The number of amides is 2. The number of hydroxylamine groups is 1. The molecule has 2 amide bonds. The van der Waals surface area contributed by atoms with Crippen molar-refractivity contribution in [1.29, 1.82) is 0 Å². The molecule has 23 rings (SSSR count). The number of para-hydroxylation sites is 5. The van der Waals surface area contributed by atoms with Gasteiger partial charge in [0, 0.05) is 116 Å². The number of hydrogen-bond acceptors (Lipinski definition) is 19. The number of ether oxygens (including phenoxy) is 6. The minimum atomic E-state index is -0.894. The van der Waals surface area contributed by atoms with Crippen LogP contribution in [0.25, 0.3) is 66.1 Å². The minimum absolute atomic E-state index is 0.00496. The number of fused-ring (bicyclic) bond motifs is 10. The van der Waals surface area contributed by atoms with Crippen molar-refractivity contribution in [2.45, 2.75) is 63.7 Å². The maximum atomic E-state index is 11.1. The van der Waals surface area contributed by atoms with Gasteiger partial charge in [-0.25, -0.2) is 9.59 Å². The van der Waals surface area contributed by atoms with Gasteiger partial charge < -0.3 is 99.2 Å². The number of benzene rings is 11. The predicted molar refractivity (Wildman–Crippen MR) is 545 cm³/mol. The Hall–Kier alpha value is -18.2. The molecule has 11 aromatic carbocycles. The molecule has 0 saturated heterocycles. The number of rotatable bonds is 13. The van der Waals surface area contributed by atoms with Crippen molar-refractivity contribution < 1.29 is 93.9 Å². The predicted octanol–water partition coefficient (Wildman–Crippen LogP) is 24.0. The number of hydrogen-bond donors (Lipinski definition) is 12. The number of methoxy groups -OCH3 is 1. The highest BCUT2D eigenvalue weighted by atomic mass is 16.7. The van der Waals surface area contributed by atoms with Crippen molar-refractivity contribution in [1.82, 2.24) is 14.6 Å². The average molecular weight is 1870 g/mol. The molecule has 23 heteroatoms. The van der Waals surface area contributed by atoms with E-state index in [1.54, 1.807) is 60.1 Å². The van der Waals surface area contributed by atoms with Gasteiger partial charge >= 0.3 is 12.0 Å². The van der Waals surface area contributed by atoms with E-state index in [-0.39, 0.29) is 94.1 Å². The molecule has 0 bridgehead atoms. The monoisotopic (exact) mass is 1870 g/mol. The van der Waals surface area contributed by atoms with E-state index in [0.717, 1.165) is 75.9 Å². The van der Waals surface area contributed by atoms with Gasteiger partial charge in [0.25, 0.3) is 0 Å². The summed E-state index contributed by atoms with van der Waals surface area (Å²) in [4.78, 5) is 25.8. The van der Waals surface area contributed by atoms with E-state index in [4.69, 9.17) is 34.2 Å². The summed E-state index contributed by atoms with van der Waals surface area (Å²) in [6.07, 6.45) is 48.3. The minimum Gasteiger partial charge on any atom is -0.508 e. The van der Waals surface area contributed by atoms with Crippen molar-refractivity contribution in [3.05, 3.63) is 465 Å². The van der Waals surface area contributed by atoms with E-state index in [1.807, 2.05) is 104 Å². The molecule has 23 nitrogen and oxygen atoms in total. The summed E-state index contributed by atoms with van der Waals surface area (Å²) in [5.41, 5.74) is 29.0. The molecule has 4 unspecified atom stereocenters. The smallest absolute Gasteiger partial charge is 0.345 e. The molecule has 141 heavy (non-hydrogen) atoms. The van der Waals surface area contributed by atoms with Crippen LogP contribution in [0.5, 0.6) is 80.5 Å². The van der Waals surface area contributed by atoms with E-state index in [2.05, 4.69) is 190 Å². The lowest BCUT2D eigenvalue weighted by Crippen LogP contribution is -2.36. The van der Waals surface area contributed by atoms with E-state index in [9.17, 15) is 60.7 Å². The summed E-state index contributed by atoms with van der Waals surface area (Å²) in [5.74, 6) is 1.25. The zero-order valence-corrected chi connectivity index (χ0v) is 76.4. The Morgan fingerprint density at radius 1 is 0.411 bits per heavy atom. The lowest BCUT2D eigenvalue weighted by molar-refractivity contribution is -0.147. The molecule has 0 radical (unpaired) electrons. The second-order valence-electron chi connectivity index (χ2n) is 34.4. The normalized spacial score (nSPS) is 16.9. The molecule has 13 N–H and O–H groups in total. The Bertz CT molecular complexity index is 7540.